The monoisotopic (exact) mass is 390 g/mol. The molecule has 3 rings (SSSR count). The van der Waals surface area contributed by atoms with Gasteiger partial charge in [-0.05, 0) is 43.7 Å². The van der Waals surface area contributed by atoms with Crippen LogP contribution in [0.15, 0.2) is 48.5 Å². The third kappa shape index (κ3) is 4.05. The minimum atomic E-state index is -2.93. The minimum Gasteiger partial charge on any atom is -0.492 e. The highest BCUT2D eigenvalue weighted by molar-refractivity contribution is 6.07. The fraction of sp³-hybridized carbons (Fsp3) is 0.300. The van der Waals surface area contributed by atoms with Gasteiger partial charge in [0.05, 0.1) is 6.54 Å². The van der Waals surface area contributed by atoms with Gasteiger partial charge in [-0.25, -0.2) is 4.79 Å². The Labute approximate surface area is 161 Å². The Hall–Kier alpha value is -3.16. The summed E-state index contributed by atoms with van der Waals surface area (Å²) in [5.74, 6) is 0.185. The second kappa shape index (κ2) is 7.84. The van der Waals surface area contributed by atoms with E-state index >= 15 is 0 Å². The van der Waals surface area contributed by atoms with Gasteiger partial charge in [0, 0.05) is 0 Å². The van der Waals surface area contributed by atoms with Crippen molar-refractivity contribution >= 4 is 11.9 Å². The van der Waals surface area contributed by atoms with Crippen LogP contribution in [0.2, 0.25) is 0 Å². The standard InChI is InChI=1S/C20H20F2N2O4/c1-13-3-7-15(8-4-13)27-12-11-24-17(25)20(2,23-19(24)26)14-5-9-16(10-6-14)28-18(21)22/h3-10,18H,11-12H2,1-2H3,(H,23,26)/t20-/m0/s1. The number of nitrogens with zero attached hydrogens (tertiary/aromatic N) is 1. The molecule has 28 heavy (non-hydrogen) atoms. The van der Waals surface area contributed by atoms with Gasteiger partial charge in [0.25, 0.3) is 5.91 Å². The summed E-state index contributed by atoms with van der Waals surface area (Å²) in [6, 6.07) is 12.5. The second-order valence-corrected chi connectivity index (χ2v) is 6.58. The summed E-state index contributed by atoms with van der Waals surface area (Å²) in [6.45, 7) is 0.833. The number of urea groups is 1. The first kappa shape index (κ1) is 19.6. The van der Waals surface area contributed by atoms with Crippen molar-refractivity contribution in [2.45, 2.75) is 26.0 Å². The molecule has 1 aliphatic rings. The number of ether oxygens (including phenoxy) is 2. The average Bonchev–Trinajstić information content (AvgIpc) is 2.87. The summed E-state index contributed by atoms with van der Waals surface area (Å²) in [6.07, 6.45) is 0. The molecule has 148 valence electrons. The molecule has 0 bridgehead atoms. The highest BCUT2D eigenvalue weighted by Gasteiger charge is 2.48. The van der Waals surface area contributed by atoms with Crippen LogP contribution in [0.5, 0.6) is 11.5 Å². The van der Waals surface area contributed by atoms with Gasteiger partial charge < -0.3 is 14.8 Å². The van der Waals surface area contributed by atoms with E-state index in [1.807, 2.05) is 31.2 Å². The van der Waals surface area contributed by atoms with E-state index in [2.05, 4.69) is 10.1 Å². The number of amides is 3. The van der Waals surface area contributed by atoms with Crippen molar-refractivity contribution in [1.82, 2.24) is 10.2 Å². The Bertz CT molecular complexity index is 856. The summed E-state index contributed by atoms with van der Waals surface area (Å²) >= 11 is 0. The number of rotatable bonds is 7. The lowest BCUT2D eigenvalue weighted by molar-refractivity contribution is -0.131. The molecule has 0 spiro atoms. The Morgan fingerprint density at radius 1 is 1.04 bits per heavy atom. The van der Waals surface area contributed by atoms with Gasteiger partial charge in [0.1, 0.15) is 23.6 Å². The maximum atomic E-state index is 12.8. The molecule has 0 unspecified atom stereocenters. The van der Waals surface area contributed by atoms with Gasteiger partial charge in [-0.3, -0.25) is 9.69 Å². The lowest BCUT2D eigenvalue weighted by atomic mass is 9.92. The molecular formula is C20H20F2N2O4. The van der Waals surface area contributed by atoms with Crippen molar-refractivity contribution < 1.29 is 27.8 Å². The quantitative estimate of drug-likeness (QED) is 0.736. The van der Waals surface area contributed by atoms with Crippen LogP contribution < -0.4 is 14.8 Å². The fourth-order valence-electron chi connectivity index (χ4n) is 2.95. The zero-order valence-electron chi connectivity index (χ0n) is 15.4. The van der Waals surface area contributed by atoms with Crippen molar-refractivity contribution in [3.05, 3.63) is 59.7 Å². The number of hydrogen-bond acceptors (Lipinski definition) is 4. The van der Waals surface area contributed by atoms with Gasteiger partial charge in [-0.2, -0.15) is 8.78 Å². The zero-order valence-corrected chi connectivity index (χ0v) is 15.4. The van der Waals surface area contributed by atoms with Gasteiger partial charge >= 0.3 is 12.6 Å². The van der Waals surface area contributed by atoms with Crippen LogP contribution in [0, 0.1) is 6.92 Å². The molecular weight excluding hydrogens is 370 g/mol. The predicted molar refractivity (Wildman–Crippen MR) is 97.3 cm³/mol. The molecule has 0 saturated carbocycles. The molecule has 1 N–H and O–H groups in total. The largest absolute Gasteiger partial charge is 0.492 e. The first-order valence-corrected chi connectivity index (χ1v) is 8.68. The summed E-state index contributed by atoms with van der Waals surface area (Å²) in [4.78, 5) is 26.2. The van der Waals surface area contributed by atoms with E-state index in [0.717, 1.165) is 10.5 Å². The van der Waals surface area contributed by atoms with Gasteiger partial charge in [0.15, 0.2) is 0 Å². The van der Waals surface area contributed by atoms with Crippen LogP contribution in [-0.2, 0) is 10.3 Å². The first-order chi connectivity index (χ1) is 13.3. The van der Waals surface area contributed by atoms with E-state index in [-0.39, 0.29) is 18.9 Å². The zero-order chi connectivity index (χ0) is 20.3. The van der Waals surface area contributed by atoms with Gasteiger partial charge in [-0.1, -0.05) is 29.8 Å². The molecule has 1 aliphatic heterocycles. The van der Waals surface area contributed by atoms with Crippen LogP contribution in [0.1, 0.15) is 18.1 Å². The topological polar surface area (TPSA) is 67.9 Å². The number of alkyl halides is 2. The maximum Gasteiger partial charge on any atom is 0.387 e. The number of hydrogen-bond donors (Lipinski definition) is 1. The van der Waals surface area contributed by atoms with E-state index in [0.29, 0.717) is 11.3 Å². The summed E-state index contributed by atoms with van der Waals surface area (Å²) in [5.41, 5.74) is 0.279. The molecule has 8 heteroatoms. The Balaban J connectivity index is 1.65. The smallest absolute Gasteiger partial charge is 0.387 e. The molecule has 3 amide bonds. The molecule has 0 radical (unpaired) electrons. The van der Waals surface area contributed by atoms with Crippen LogP contribution in [-0.4, -0.2) is 36.6 Å². The van der Waals surface area contributed by atoms with Crippen molar-refractivity contribution in [1.29, 1.82) is 0 Å². The normalized spacial score (nSPS) is 19.1. The molecule has 1 atom stereocenters. The fourth-order valence-corrected chi connectivity index (χ4v) is 2.95. The van der Waals surface area contributed by atoms with Crippen LogP contribution in [0.3, 0.4) is 0 Å². The molecule has 2 aromatic carbocycles. The summed E-state index contributed by atoms with van der Waals surface area (Å²) in [7, 11) is 0. The minimum absolute atomic E-state index is 0.0255. The van der Waals surface area contributed by atoms with E-state index in [1.165, 1.54) is 24.3 Å². The number of nitrogens with one attached hydrogen (secondary N) is 1. The molecule has 0 aromatic heterocycles. The number of halogens is 2. The number of benzene rings is 2. The SMILES string of the molecule is Cc1ccc(OCCN2C(=O)N[C@@](C)(c3ccc(OC(F)F)cc3)C2=O)cc1. The number of aryl methyl sites for hydroxylation is 1. The molecule has 6 nitrogen and oxygen atoms in total. The Morgan fingerprint density at radius 2 is 1.64 bits per heavy atom. The van der Waals surface area contributed by atoms with Crippen LogP contribution in [0.4, 0.5) is 13.6 Å². The van der Waals surface area contributed by atoms with Gasteiger partial charge in [0.2, 0.25) is 0 Å². The highest BCUT2D eigenvalue weighted by atomic mass is 19.3. The van der Waals surface area contributed by atoms with Crippen molar-refractivity contribution in [2.24, 2.45) is 0 Å². The molecule has 1 saturated heterocycles. The Morgan fingerprint density at radius 3 is 2.25 bits per heavy atom. The lowest BCUT2D eigenvalue weighted by Crippen LogP contribution is -2.41. The third-order valence-corrected chi connectivity index (χ3v) is 4.54. The molecule has 0 aliphatic carbocycles. The first-order valence-electron chi connectivity index (χ1n) is 8.68. The number of imide groups is 1. The van der Waals surface area contributed by atoms with Crippen LogP contribution >= 0.6 is 0 Å². The van der Waals surface area contributed by atoms with Crippen LogP contribution in [0.25, 0.3) is 0 Å². The second-order valence-electron chi connectivity index (χ2n) is 6.58. The summed E-state index contributed by atoms with van der Waals surface area (Å²) in [5, 5.41) is 2.66. The number of carbonyl (C=O) groups excluding carboxylic acids is 2. The predicted octanol–water partition coefficient (Wildman–Crippen LogP) is 3.44. The van der Waals surface area contributed by atoms with Gasteiger partial charge in [-0.15, -0.1) is 0 Å². The van der Waals surface area contributed by atoms with E-state index < -0.39 is 24.1 Å². The maximum absolute atomic E-state index is 12.8. The molecule has 2 aromatic rings. The lowest BCUT2D eigenvalue weighted by Gasteiger charge is -2.22. The Kier molecular flexibility index (Phi) is 5.48. The van der Waals surface area contributed by atoms with E-state index in [1.54, 1.807) is 6.92 Å². The van der Waals surface area contributed by atoms with Crippen molar-refractivity contribution in [3.63, 3.8) is 0 Å². The third-order valence-electron chi connectivity index (χ3n) is 4.54. The summed E-state index contributed by atoms with van der Waals surface area (Å²) < 4.78 is 34.4. The van der Waals surface area contributed by atoms with E-state index in [9.17, 15) is 18.4 Å². The molecule has 1 heterocycles. The van der Waals surface area contributed by atoms with Crippen molar-refractivity contribution in [2.75, 3.05) is 13.2 Å². The van der Waals surface area contributed by atoms with E-state index in [4.69, 9.17) is 4.74 Å². The van der Waals surface area contributed by atoms with Crippen molar-refractivity contribution in [3.8, 4) is 11.5 Å². The highest BCUT2D eigenvalue weighted by Crippen LogP contribution is 2.30. The molecule has 1 fully saturated rings. The number of carbonyl (C=O) groups is 2. The average molecular weight is 390 g/mol.